The fourth-order valence-electron chi connectivity index (χ4n) is 3.12. The van der Waals surface area contributed by atoms with Crippen LogP contribution < -0.4 is 14.8 Å². The molecule has 120 valence electrons. The van der Waals surface area contributed by atoms with Crippen molar-refractivity contribution in [2.24, 2.45) is 0 Å². The van der Waals surface area contributed by atoms with Crippen LogP contribution in [0.4, 0.5) is 0 Å². The number of ether oxygens (including phenoxy) is 2. The summed E-state index contributed by atoms with van der Waals surface area (Å²) >= 11 is 7.44. The Labute approximate surface area is 145 Å². The minimum atomic E-state index is 0.306. The van der Waals surface area contributed by atoms with E-state index in [4.69, 9.17) is 21.7 Å². The Morgan fingerprint density at radius 2 is 2.22 bits per heavy atom. The summed E-state index contributed by atoms with van der Waals surface area (Å²) in [5, 5.41) is 6.36. The van der Waals surface area contributed by atoms with E-state index >= 15 is 0 Å². The molecule has 1 aromatic heterocycles. The molecule has 2 aliphatic heterocycles. The van der Waals surface area contributed by atoms with Crippen molar-refractivity contribution in [3.05, 3.63) is 46.2 Å². The maximum Gasteiger partial charge on any atom is 0.231 e. The molecule has 2 aliphatic rings. The lowest BCUT2D eigenvalue weighted by molar-refractivity contribution is 0.174. The predicted octanol–water partition coefficient (Wildman–Crippen LogP) is 3.69. The molecular formula is C17H18N2O2S2. The van der Waals surface area contributed by atoms with E-state index in [9.17, 15) is 0 Å². The van der Waals surface area contributed by atoms with Gasteiger partial charge >= 0.3 is 0 Å². The Morgan fingerprint density at radius 1 is 1.30 bits per heavy atom. The van der Waals surface area contributed by atoms with Gasteiger partial charge in [0.1, 0.15) is 0 Å². The summed E-state index contributed by atoms with van der Waals surface area (Å²) in [5.74, 6) is 1.63. The largest absolute Gasteiger partial charge is 0.454 e. The molecule has 1 atom stereocenters. The highest BCUT2D eigenvalue weighted by Crippen LogP contribution is 2.35. The fraction of sp³-hybridized carbons (Fsp3) is 0.353. The highest BCUT2D eigenvalue weighted by molar-refractivity contribution is 7.80. The lowest BCUT2D eigenvalue weighted by Crippen LogP contribution is -2.38. The van der Waals surface area contributed by atoms with Crippen molar-refractivity contribution in [3.8, 4) is 11.5 Å². The fourth-order valence-corrected chi connectivity index (χ4v) is 4.28. The number of nitrogens with zero attached hydrogens (tertiary/aromatic N) is 1. The second kappa shape index (κ2) is 6.37. The molecule has 0 saturated carbocycles. The van der Waals surface area contributed by atoms with Crippen molar-refractivity contribution in [2.45, 2.75) is 25.4 Å². The molecule has 1 saturated heterocycles. The molecule has 6 heteroatoms. The number of likely N-dealkylation sites (tertiary alicyclic amines) is 1. The van der Waals surface area contributed by atoms with E-state index in [1.807, 2.05) is 29.5 Å². The zero-order chi connectivity index (χ0) is 15.6. The lowest BCUT2D eigenvalue weighted by atomic mass is 10.2. The minimum absolute atomic E-state index is 0.306. The third-order valence-electron chi connectivity index (χ3n) is 4.27. The lowest BCUT2D eigenvalue weighted by Gasteiger charge is -2.27. The minimum Gasteiger partial charge on any atom is -0.454 e. The maximum atomic E-state index is 5.63. The molecule has 4 nitrogen and oxygen atoms in total. The molecule has 0 spiro atoms. The van der Waals surface area contributed by atoms with Crippen LogP contribution in [0, 0.1) is 0 Å². The van der Waals surface area contributed by atoms with Crippen LogP contribution in [-0.2, 0) is 6.54 Å². The van der Waals surface area contributed by atoms with Gasteiger partial charge in [-0.2, -0.15) is 0 Å². The quantitative estimate of drug-likeness (QED) is 0.857. The van der Waals surface area contributed by atoms with E-state index in [1.54, 1.807) is 0 Å². The Morgan fingerprint density at radius 3 is 3.09 bits per heavy atom. The summed E-state index contributed by atoms with van der Waals surface area (Å²) in [6.45, 7) is 2.03. The van der Waals surface area contributed by atoms with Crippen molar-refractivity contribution in [2.75, 3.05) is 13.3 Å². The molecule has 23 heavy (non-hydrogen) atoms. The van der Waals surface area contributed by atoms with Gasteiger partial charge in [-0.25, -0.2) is 0 Å². The number of hydrogen-bond donors (Lipinski definition) is 1. The predicted molar refractivity (Wildman–Crippen MR) is 95.0 cm³/mol. The Balaban J connectivity index is 1.40. The Bertz CT molecular complexity index is 703. The van der Waals surface area contributed by atoms with Gasteiger partial charge in [-0.3, -0.25) is 0 Å². The van der Waals surface area contributed by atoms with Gasteiger partial charge in [0.05, 0.1) is 6.04 Å². The molecule has 1 aromatic carbocycles. The molecule has 4 rings (SSSR count). The number of thiocarbonyl (C=S) groups is 1. The van der Waals surface area contributed by atoms with E-state index in [0.717, 1.165) is 28.7 Å². The second-order valence-corrected chi connectivity index (χ2v) is 7.08. The molecule has 0 aliphatic carbocycles. The maximum absolute atomic E-state index is 5.63. The summed E-state index contributed by atoms with van der Waals surface area (Å²) in [7, 11) is 0. The van der Waals surface area contributed by atoms with Crippen LogP contribution in [0.15, 0.2) is 35.7 Å². The number of fused-ring (bicyclic) bond motifs is 1. The average Bonchev–Trinajstić information content (AvgIpc) is 3.32. The first-order chi connectivity index (χ1) is 11.3. The number of thiophene rings is 1. The molecular weight excluding hydrogens is 328 g/mol. The SMILES string of the molecule is S=C(NCc1ccc2c(c1)OCO2)N1CCC[C@@H]1c1cccs1. The topological polar surface area (TPSA) is 33.7 Å². The number of benzene rings is 1. The van der Waals surface area contributed by atoms with Crippen LogP contribution in [-0.4, -0.2) is 23.4 Å². The van der Waals surface area contributed by atoms with Crippen molar-refractivity contribution < 1.29 is 9.47 Å². The number of hydrogen-bond acceptors (Lipinski definition) is 4. The molecule has 1 N–H and O–H groups in total. The van der Waals surface area contributed by atoms with E-state index < -0.39 is 0 Å². The van der Waals surface area contributed by atoms with Gasteiger partial charge in [-0.05, 0) is 54.2 Å². The van der Waals surface area contributed by atoms with E-state index in [1.165, 1.54) is 17.7 Å². The van der Waals surface area contributed by atoms with Crippen LogP contribution in [0.3, 0.4) is 0 Å². The van der Waals surface area contributed by atoms with Crippen molar-refractivity contribution >= 4 is 28.7 Å². The van der Waals surface area contributed by atoms with Gasteiger partial charge in [-0.15, -0.1) is 11.3 Å². The average molecular weight is 346 g/mol. The smallest absolute Gasteiger partial charge is 0.231 e. The summed E-state index contributed by atoms with van der Waals surface area (Å²) in [6.07, 6.45) is 2.36. The van der Waals surface area contributed by atoms with Gasteiger partial charge in [0.25, 0.3) is 0 Å². The van der Waals surface area contributed by atoms with Gasteiger partial charge in [0, 0.05) is 18.0 Å². The highest BCUT2D eigenvalue weighted by Gasteiger charge is 2.28. The monoisotopic (exact) mass is 346 g/mol. The molecule has 0 bridgehead atoms. The van der Waals surface area contributed by atoms with E-state index in [-0.39, 0.29) is 0 Å². The van der Waals surface area contributed by atoms with Crippen LogP contribution in [0.5, 0.6) is 11.5 Å². The van der Waals surface area contributed by atoms with Crippen LogP contribution in [0.2, 0.25) is 0 Å². The molecule has 0 radical (unpaired) electrons. The standard InChI is InChI=1S/C17H18N2O2S2/c22-17(19-7-1-3-13(19)16-4-2-8-23-16)18-10-12-5-6-14-15(9-12)21-11-20-14/h2,4-6,8-9,13H,1,3,7,10-11H2,(H,18,22)/t13-/m1/s1. The first kappa shape index (κ1) is 14.8. The third kappa shape index (κ3) is 3.01. The Kier molecular flexibility index (Phi) is 4.10. The van der Waals surface area contributed by atoms with Crippen LogP contribution in [0.1, 0.15) is 29.3 Å². The summed E-state index contributed by atoms with van der Waals surface area (Å²) in [6, 6.07) is 10.7. The van der Waals surface area contributed by atoms with Crippen molar-refractivity contribution in [1.29, 1.82) is 0 Å². The van der Waals surface area contributed by atoms with E-state index in [2.05, 4.69) is 27.7 Å². The van der Waals surface area contributed by atoms with E-state index in [0.29, 0.717) is 19.4 Å². The summed E-state index contributed by atoms with van der Waals surface area (Å²) in [5.41, 5.74) is 1.14. The van der Waals surface area contributed by atoms with Crippen molar-refractivity contribution in [1.82, 2.24) is 10.2 Å². The van der Waals surface area contributed by atoms with Crippen molar-refractivity contribution in [3.63, 3.8) is 0 Å². The summed E-state index contributed by atoms with van der Waals surface area (Å²) < 4.78 is 10.8. The first-order valence-corrected chi connectivity index (χ1v) is 9.06. The Hall–Kier alpha value is -1.79. The first-order valence-electron chi connectivity index (χ1n) is 7.77. The van der Waals surface area contributed by atoms with Gasteiger partial charge in [0.2, 0.25) is 6.79 Å². The van der Waals surface area contributed by atoms with Crippen LogP contribution in [0.25, 0.3) is 0 Å². The number of nitrogens with one attached hydrogen (secondary N) is 1. The zero-order valence-corrected chi connectivity index (χ0v) is 14.3. The molecule has 0 unspecified atom stereocenters. The van der Waals surface area contributed by atoms with Gasteiger partial charge in [0.15, 0.2) is 16.6 Å². The normalized spacial score (nSPS) is 19.1. The zero-order valence-electron chi connectivity index (χ0n) is 12.7. The number of rotatable bonds is 3. The molecule has 0 amide bonds. The molecule has 3 heterocycles. The van der Waals surface area contributed by atoms with Gasteiger partial charge in [-0.1, -0.05) is 12.1 Å². The van der Waals surface area contributed by atoms with Crippen LogP contribution >= 0.6 is 23.6 Å². The second-order valence-electron chi connectivity index (χ2n) is 5.71. The molecule has 2 aromatic rings. The summed E-state index contributed by atoms with van der Waals surface area (Å²) in [4.78, 5) is 3.71. The third-order valence-corrected chi connectivity index (χ3v) is 5.62. The van der Waals surface area contributed by atoms with Gasteiger partial charge < -0.3 is 19.7 Å². The molecule has 1 fully saturated rings. The highest BCUT2D eigenvalue weighted by atomic mass is 32.1.